The molecular formula is C35H29N3O2S. The molecule has 4 aromatic carbocycles. The highest BCUT2D eigenvalue weighted by molar-refractivity contribution is 7.14. The van der Waals surface area contributed by atoms with E-state index in [0.29, 0.717) is 10.7 Å². The molecule has 202 valence electrons. The lowest BCUT2D eigenvalue weighted by Gasteiger charge is -2.50. The first-order valence-electron chi connectivity index (χ1n) is 13.8. The molecule has 8 rings (SSSR count). The van der Waals surface area contributed by atoms with Crippen LogP contribution in [0.5, 0.6) is 0 Å². The molecule has 0 saturated heterocycles. The molecule has 6 heteroatoms. The van der Waals surface area contributed by atoms with Gasteiger partial charge in [0.15, 0.2) is 5.13 Å². The van der Waals surface area contributed by atoms with Crippen molar-refractivity contribution in [2.75, 3.05) is 10.6 Å². The summed E-state index contributed by atoms with van der Waals surface area (Å²) in [7, 11) is 0. The van der Waals surface area contributed by atoms with E-state index < -0.39 is 5.41 Å². The topological polar surface area (TPSA) is 71.1 Å². The van der Waals surface area contributed by atoms with Crippen LogP contribution in [0.2, 0.25) is 0 Å². The van der Waals surface area contributed by atoms with Crippen LogP contribution in [0, 0.1) is 12.3 Å². The standard InChI is InChI=1S/C35H29N3O2S/c1-21-9-7-12-24(17-21)36-32(39)23-11-8-10-22(18-23)30-20-41-34(37-30)38-33(40)35(2)19-29-25-13-3-5-15-27(25)31(35)28-16-6-4-14-26(28)29/h3-18,20,29,31H,19H2,1-2H3,(H,36,39)(H,37,38,40). The molecule has 0 saturated carbocycles. The van der Waals surface area contributed by atoms with Crippen molar-refractivity contribution < 1.29 is 9.59 Å². The van der Waals surface area contributed by atoms with E-state index in [0.717, 1.165) is 28.9 Å². The summed E-state index contributed by atoms with van der Waals surface area (Å²) in [5.41, 5.74) is 8.50. The van der Waals surface area contributed by atoms with Crippen molar-refractivity contribution in [1.82, 2.24) is 4.98 Å². The Kier molecular flexibility index (Phi) is 6.09. The van der Waals surface area contributed by atoms with E-state index in [1.807, 2.05) is 54.8 Å². The molecule has 0 radical (unpaired) electrons. The molecular weight excluding hydrogens is 526 g/mol. The molecule has 5 aromatic rings. The average Bonchev–Trinajstić information content (AvgIpc) is 3.46. The molecule has 1 unspecified atom stereocenters. The summed E-state index contributed by atoms with van der Waals surface area (Å²) < 4.78 is 0. The SMILES string of the molecule is Cc1cccc(NC(=O)c2cccc(-c3csc(NC(=O)C4(C)CC5c6ccccc6C4c4ccccc45)n3)c2)c1. The summed E-state index contributed by atoms with van der Waals surface area (Å²) in [5.74, 6) is -0.00245. The van der Waals surface area contributed by atoms with Crippen LogP contribution in [0.3, 0.4) is 0 Å². The minimum atomic E-state index is -0.604. The number of carbonyl (C=O) groups excluding carboxylic acids is 2. The van der Waals surface area contributed by atoms with Gasteiger partial charge >= 0.3 is 0 Å². The van der Waals surface area contributed by atoms with Crippen LogP contribution in [0.25, 0.3) is 11.3 Å². The molecule has 0 fully saturated rings. The van der Waals surface area contributed by atoms with Crippen LogP contribution in [-0.2, 0) is 4.79 Å². The van der Waals surface area contributed by atoms with Crippen LogP contribution in [0.15, 0.2) is 102 Å². The molecule has 3 aliphatic rings. The molecule has 0 aliphatic heterocycles. The summed E-state index contributed by atoms with van der Waals surface area (Å²) in [6, 6.07) is 32.2. The molecule has 2 bridgehead atoms. The number of fused-ring (bicyclic) bond motifs is 1. The third kappa shape index (κ3) is 4.35. The molecule has 0 spiro atoms. The summed E-state index contributed by atoms with van der Waals surface area (Å²) >= 11 is 1.40. The number of anilines is 2. The van der Waals surface area contributed by atoms with Crippen LogP contribution >= 0.6 is 11.3 Å². The zero-order valence-corrected chi connectivity index (χ0v) is 23.7. The van der Waals surface area contributed by atoms with Crippen molar-refractivity contribution in [1.29, 1.82) is 0 Å². The van der Waals surface area contributed by atoms with E-state index in [-0.39, 0.29) is 23.7 Å². The Bertz CT molecular complexity index is 1780. The fourth-order valence-electron chi connectivity index (χ4n) is 6.64. The molecule has 1 heterocycles. The summed E-state index contributed by atoms with van der Waals surface area (Å²) in [5, 5.41) is 8.60. The number of hydrogen-bond acceptors (Lipinski definition) is 4. The van der Waals surface area contributed by atoms with Crippen LogP contribution < -0.4 is 10.6 Å². The zero-order valence-electron chi connectivity index (χ0n) is 22.8. The number of nitrogens with one attached hydrogen (secondary N) is 2. The maximum atomic E-state index is 14.0. The lowest BCUT2D eigenvalue weighted by Crippen LogP contribution is -2.47. The monoisotopic (exact) mass is 555 g/mol. The van der Waals surface area contributed by atoms with Gasteiger partial charge in [-0.25, -0.2) is 4.98 Å². The van der Waals surface area contributed by atoms with Crippen LogP contribution in [0.1, 0.15) is 63.4 Å². The molecule has 2 amide bonds. The number of thiazole rings is 1. The number of amides is 2. The highest BCUT2D eigenvalue weighted by Crippen LogP contribution is 2.61. The second-order valence-corrected chi connectivity index (χ2v) is 12.1. The predicted octanol–water partition coefficient (Wildman–Crippen LogP) is 8.00. The Hall–Kier alpha value is -4.55. The van der Waals surface area contributed by atoms with Crippen molar-refractivity contribution in [3.05, 3.63) is 136 Å². The molecule has 5 nitrogen and oxygen atoms in total. The lowest BCUT2D eigenvalue weighted by molar-refractivity contribution is -0.126. The average molecular weight is 556 g/mol. The van der Waals surface area contributed by atoms with Crippen molar-refractivity contribution in [3.63, 3.8) is 0 Å². The molecule has 1 aromatic heterocycles. The van der Waals surface area contributed by atoms with E-state index in [9.17, 15) is 9.59 Å². The van der Waals surface area contributed by atoms with Gasteiger partial charge < -0.3 is 10.6 Å². The van der Waals surface area contributed by atoms with Crippen molar-refractivity contribution in [2.45, 2.75) is 32.1 Å². The smallest absolute Gasteiger partial charge is 0.255 e. The normalized spacial score (nSPS) is 20.1. The Morgan fingerprint density at radius 3 is 2.22 bits per heavy atom. The number of rotatable bonds is 5. The second-order valence-electron chi connectivity index (χ2n) is 11.3. The second kappa shape index (κ2) is 9.82. The highest BCUT2D eigenvalue weighted by Gasteiger charge is 2.54. The van der Waals surface area contributed by atoms with Gasteiger partial charge in [-0.1, -0.05) is 72.8 Å². The van der Waals surface area contributed by atoms with E-state index >= 15 is 0 Å². The number of benzene rings is 4. The van der Waals surface area contributed by atoms with Gasteiger partial charge in [-0.15, -0.1) is 11.3 Å². The predicted molar refractivity (Wildman–Crippen MR) is 165 cm³/mol. The first-order chi connectivity index (χ1) is 19.9. The van der Waals surface area contributed by atoms with Gasteiger partial charge in [0, 0.05) is 34.0 Å². The van der Waals surface area contributed by atoms with E-state index in [1.54, 1.807) is 6.07 Å². The number of aryl methyl sites for hydroxylation is 1. The third-order valence-corrected chi connectivity index (χ3v) is 9.33. The van der Waals surface area contributed by atoms with Gasteiger partial charge in [-0.2, -0.15) is 0 Å². The Labute approximate surface area is 243 Å². The van der Waals surface area contributed by atoms with Gasteiger partial charge in [-0.3, -0.25) is 9.59 Å². The van der Waals surface area contributed by atoms with Gasteiger partial charge in [0.2, 0.25) is 5.91 Å². The van der Waals surface area contributed by atoms with E-state index in [1.165, 1.54) is 33.6 Å². The minimum absolute atomic E-state index is 0.0105. The highest BCUT2D eigenvalue weighted by atomic mass is 32.1. The van der Waals surface area contributed by atoms with Gasteiger partial charge in [0.1, 0.15) is 0 Å². The van der Waals surface area contributed by atoms with E-state index in [4.69, 9.17) is 4.98 Å². The quantitative estimate of drug-likeness (QED) is 0.231. The molecule has 3 aliphatic carbocycles. The summed E-state index contributed by atoms with van der Waals surface area (Å²) in [4.78, 5) is 31.7. The summed E-state index contributed by atoms with van der Waals surface area (Å²) in [6.07, 6.45) is 0.758. The van der Waals surface area contributed by atoms with Gasteiger partial charge in [0.25, 0.3) is 5.91 Å². The fraction of sp³-hybridized carbons (Fsp3) is 0.171. The van der Waals surface area contributed by atoms with Crippen molar-refractivity contribution in [2.24, 2.45) is 5.41 Å². The maximum absolute atomic E-state index is 14.0. The van der Waals surface area contributed by atoms with Gasteiger partial charge in [0.05, 0.1) is 11.1 Å². The zero-order chi connectivity index (χ0) is 28.1. The molecule has 41 heavy (non-hydrogen) atoms. The molecule has 1 atom stereocenters. The number of carbonyl (C=O) groups is 2. The largest absolute Gasteiger partial charge is 0.322 e. The first-order valence-corrected chi connectivity index (χ1v) is 14.7. The van der Waals surface area contributed by atoms with Crippen LogP contribution in [0.4, 0.5) is 10.8 Å². The summed E-state index contributed by atoms with van der Waals surface area (Å²) in [6.45, 7) is 4.09. The first kappa shape index (κ1) is 25.4. The maximum Gasteiger partial charge on any atom is 0.255 e. The Balaban J connectivity index is 1.12. The van der Waals surface area contributed by atoms with Crippen molar-refractivity contribution in [3.8, 4) is 11.3 Å². The Morgan fingerprint density at radius 2 is 1.51 bits per heavy atom. The lowest BCUT2D eigenvalue weighted by atomic mass is 9.52. The van der Waals surface area contributed by atoms with Crippen LogP contribution in [-0.4, -0.2) is 16.8 Å². The van der Waals surface area contributed by atoms with Gasteiger partial charge in [-0.05, 0) is 72.4 Å². The number of nitrogens with zero attached hydrogens (tertiary/aromatic N) is 1. The fourth-order valence-corrected chi connectivity index (χ4v) is 7.35. The molecule has 2 N–H and O–H groups in total. The third-order valence-electron chi connectivity index (χ3n) is 8.57. The van der Waals surface area contributed by atoms with Crippen molar-refractivity contribution >= 4 is 34.0 Å². The Morgan fingerprint density at radius 1 is 0.829 bits per heavy atom. The minimum Gasteiger partial charge on any atom is -0.322 e. The number of aromatic nitrogens is 1. The van der Waals surface area contributed by atoms with E-state index in [2.05, 4.69) is 66.1 Å². The number of hydrogen-bond donors (Lipinski definition) is 2.